The lowest BCUT2D eigenvalue weighted by molar-refractivity contribution is 0.772. The van der Waals surface area contributed by atoms with Crippen molar-refractivity contribution in [1.29, 1.82) is 0 Å². The Hall–Kier alpha value is -1.97. The van der Waals surface area contributed by atoms with E-state index in [9.17, 15) is 0 Å². The third-order valence-corrected chi connectivity index (χ3v) is 3.37. The van der Waals surface area contributed by atoms with Crippen LogP contribution in [0.25, 0.3) is 11.3 Å². The summed E-state index contributed by atoms with van der Waals surface area (Å²) >= 11 is 0. The molecule has 21 heavy (non-hydrogen) atoms. The maximum Gasteiger partial charge on any atom is 0.133 e. The first-order valence-corrected chi connectivity index (χ1v) is 7.57. The van der Waals surface area contributed by atoms with Crippen LogP contribution in [0.5, 0.6) is 0 Å². The average Bonchev–Trinajstić information content (AvgIpc) is 2.46. The first-order valence-electron chi connectivity index (χ1n) is 7.57. The van der Waals surface area contributed by atoms with E-state index in [2.05, 4.69) is 49.0 Å². The molecule has 0 saturated carbocycles. The van der Waals surface area contributed by atoms with Crippen LogP contribution < -0.4 is 5.32 Å². The molecule has 0 aliphatic heterocycles. The highest BCUT2D eigenvalue weighted by Gasteiger charge is 2.14. The van der Waals surface area contributed by atoms with Crippen molar-refractivity contribution in [3.05, 3.63) is 35.4 Å². The summed E-state index contributed by atoms with van der Waals surface area (Å²) in [5.74, 6) is 2.10. The van der Waals surface area contributed by atoms with E-state index in [0.717, 1.165) is 47.0 Å². The second-order valence-electron chi connectivity index (χ2n) is 5.74. The zero-order chi connectivity index (χ0) is 15.4. The molecule has 0 saturated heterocycles. The summed E-state index contributed by atoms with van der Waals surface area (Å²) in [7, 11) is 0. The van der Waals surface area contributed by atoms with Crippen LogP contribution in [0.1, 0.15) is 50.1 Å². The molecule has 0 radical (unpaired) electrons. The Kier molecular flexibility index (Phi) is 4.89. The van der Waals surface area contributed by atoms with Gasteiger partial charge in [-0.25, -0.2) is 9.97 Å². The molecule has 0 unspecified atom stereocenters. The zero-order valence-electron chi connectivity index (χ0n) is 13.6. The van der Waals surface area contributed by atoms with Gasteiger partial charge in [-0.3, -0.25) is 4.98 Å². The number of rotatable bonds is 5. The molecule has 0 amide bonds. The van der Waals surface area contributed by atoms with E-state index in [1.807, 2.05) is 19.3 Å². The number of hydrogen-bond acceptors (Lipinski definition) is 4. The fourth-order valence-corrected chi connectivity index (χ4v) is 2.17. The number of aryl methyl sites for hydroxylation is 1. The van der Waals surface area contributed by atoms with Crippen molar-refractivity contribution in [2.75, 3.05) is 11.9 Å². The van der Waals surface area contributed by atoms with Crippen LogP contribution in [-0.4, -0.2) is 21.5 Å². The SMILES string of the molecule is CCCNc1nc(C(C)C)nc(-c2cncc(C)c2)c1C. The van der Waals surface area contributed by atoms with Crippen LogP contribution in [0.15, 0.2) is 18.5 Å². The van der Waals surface area contributed by atoms with E-state index in [-0.39, 0.29) is 0 Å². The van der Waals surface area contributed by atoms with Crippen molar-refractivity contribution in [1.82, 2.24) is 15.0 Å². The van der Waals surface area contributed by atoms with Crippen molar-refractivity contribution >= 4 is 5.82 Å². The van der Waals surface area contributed by atoms with Gasteiger partial charge in [-0.15, -0.1) is 0 Å². The Morgan fingerprint density at radius 3 is 2.52 bits per heavy atom. The quantitative estimate of drug-likeness (QED) is 0.898. The van der Waals surface area contributed by atoms with Crippen LogP contribution in [0.3, 0.4) is 0 Å². The van der Waals surface area contributed by atoms with Crippen molar-refractivity contribution < 1.29 is 0 Å². The van der Waals surface area contributed by atoms with Gasteiger partial charge in [-0.2, -0.15) is 0 Å². The molecule has 0 atom stereocenters. The summed E-state index contributed by atoms with van der Waals surface area (Å²) < 4.78 is 0. The molecule has 0 fully saturated rings. The summed E-state index contributed by atoms with van der Waals surface area (Å²) in [6.07, 6.45) is 4.80. The van der Waals surface area contributed by atoms with Crippen molar-refractivity contribution in [2.24, 2.45) is 0 Å². The minimum absolute atomic E-state index is 0.296. The van der Waals surface area contributed by atoms with Gasteiger partial charge >= 0.3 is 0 Å². The molecule has 4 heteroatoms. The topological polar surface area (TPSA) is 50.7 Å². The molecule has 0 aliphatic carbocycles. The van der Waals surface area contributed by atoms with Gasteiger partial charge in [0.1, 0.15) is 11.6 Å². The van der Waals surface area contributed by atoms with Crippen LogP contribution in [0.4, 0.5) is 5.82 Å². The van der Waals surface area contributed by atoms with Crippen molar-refractivity contribution in [3.8, 4) is 11.3 Å². The van der Waals surface area contributed by atoms with E-state index in [4.69, 9.17) is 4.98 Å². The summed E-state index contributed by atoms with van der Waals surface area (Å²) in [4.78, 5) is 13.7. The summed E-state index contributed by atoms with van der Waals surface area (Å²) in [5.41, 5.74) is 4.25. The second-order valence-corrected chi connectivity index (χ2v) is 5.74. The van der Waals surface area contributed by atoms with E-state index in [1.165, 1.54) is 0 Å². The Morgan fingerprint density at radius 2 is 1.90 bits per heavy atom. The molecule has 0 aromatic carbocycles. The predicted molar refractivity (Wildman–Crippen MR) is 87.6 cm³/mol. The van der Waals surface area contributed by atoms with Gasteiger partial charge in [0.2, 0.25) is 0 Å². The lowest BCUT2D eigenvalue weighted by atomic mass is 10.1. The normalized spacial score (nSPS) is 11.0. The minimum Gasteiger partial charge on any atom is -0.370 e. The van der Waals surface area contributed by atoms with Gasteiger partial charge in [-0.05, 0) is 31.9 Å². The van der Waals surface area contributed by atoms with E-state index < -0.39 is 0 Å². The molecule has 0 bridgehead atoms. The molecular formula is C17H24N4. The summed E-state index contributed by atoms with van der Waals surface area (Å²) in [6, 6.07) is 2.12. The summed E-state index contributed by atoms with van der Waals surface area (Å²) in [5, 5.41) is 3.41. The van der Waals surface area contributed by atoms with Gasteiger partial charge < -0.3 is 5.32 Å². The van der Waals surface area contributed by atoms with Gasteiger partial charge in [0.15, 0.2) is 0 Å². The Labute approximate surface area is 127 Å². The Morgan fingerprint density at radius 1 is 1.14 bits per heavy atom. The number of aromatic nitrogens is 3. The predicted octanol–water partition coefficient (Wildman–Crippen LogP) is 4.10. The Bertz CT molecular complexity index is 620. The highest BCUT2D eigenvalue weighted by atomic mass is 15.0. The minimum atomic E-state index is 0.296. The molecule has 112 valence electrons. The van der Waals surface area contributed by atoms with Gasteiger partial charge in [0, 0.05) is 36.0 Å². The Balaban J connectivity index is 2.55. The average molecular weight is 284 g/mol. The van der Waals surface area contributed by atoms with E-state index >= 15 is 0 Å². The maximum absolute atomic E-state index is 4.76. The van der Waals surface area contributed by atoms with Gasteiger partial charge in [0.05, 0.1) is 5.69 Å². The molecule has 0 spiro atoms. The van der Waals surface area contributed by atoms with E-state index in [0.29, 0.717) is 5.92 Å². The highest BCUT2D eigenvalue weighted by Crippen LogP contribution is 2.27. The number of nitrogens with zero attached hydrogens (tertiary/aromatic N) is 3. The summed E-state index contributed by atoms with van der Waals surface area (Å²) in [6.45, 7) is 11.4. The lowest BCUT2D eigenvalue weighted by Crippen LogP contribution is -2.10. The van der Waals surface area contributed by atoms with Crippen LogP contribution in [-0.2, 0) is 0 Å². The van der Waals surface area contributed by atoms with Crippen molar-refractivity contribution in [2.45, 2.75) is 47.0 Å². The molecule has 2 aromatic rings. The third-order valence-electron chi connectivity index (χ3n) is 3.37. The lowest BCUT2D eigenvalue weighted by Gasteiger charge is -2.15. The zero-order valence-corrected chi connectivity index (χ0v) is 13.6. The fourth-order valence-electron chi connectivity index (χ4n) is 2.17. The molecule has 0 aliphatic rings. The number of anilines is 1. The number of nitrogens with one attached hydrogen (secondary N) is 1. The highest BCUT2D eigenvalue weighted by molar-refractivity contribution is 5.68. The smallest absolute Gasteiger partial charge is 0.133 e. The fraction of sp³-hybridized carbons (Fsp3) is 0.471. The number of pyridine rings is 1. The maximum atomic E-state index is 4.76. The van der Waals surface area contributed by atoms with Crippen LogP contribution >= 0.6 is 0 Å². The molecule has 2 aromatic heterocycles. The number of hydrogen-bond donors (Lipinski definition) is 1. The molecule has 2 heterocycles. The monoisotopic (exact) mass is 284 g/mol. The molecule has 1 N–H and O–H groups in total. The van der Waals surface area contributed by atoms with Crippen molar-refractivity contribution in [3.63, 3.8) is 0 Å². The molecule has 4 nitrogen and oxygen atoms in total. The molecule has 2 rings (SSSR count). The third kappa shape index (κ3) is 3.57. The second kappa shape index (κ2) is 6.66. The van der Waals surface area contributed by atoms with Gasteiger partial charge in [-0.1, -0.05) is 20.8 Å². The van der Waals surface area contributed by atoms with Crippen LogP contribution in [0.2, 0.25) is 0 Å². The standard InChI is InChI=1S/C17H24N4/c1-6-7-19-17-13(5)15(20-16(21-17)11(2)3)14-8-12(4)9-18-10-14/h8-11H,6-7H2,1-5H3,(H,19,20,21). The van der Waals surface area contributed by atoms with Gasteiger partial charge in [0.25, 0.3) is 0 Å². The van der Waals surface area contributed by atoms with Crippen LogP contribution in [0, 0.1) is 13.8 Å². The first kappa shape index (κ1) is 15.4. The molecular weight excluding hydrogens is 260 g/mol. The largest absolute Gasteiger partial charge is 0.370 e. The van der Waals surface area contributed by atoms with E-state index in [1.54, 1.807) is 0 Å². The first-order chi connectivity index (χ1) is 10.0.